The number of hydrogen-bond donors (Lipinski definition) is 0. The van der Waals surface area contributed by atoms with Crippen LogP contribution in [0.2, 0.25) is 0 Å². The minimum atomic E-state index is -0.334. The van der Waals surface area contributed by atoms with E-state index in [-0.39, 0.29) is 24.2 Å². The number of halogens is 1. The quantitative estimate of drug-likeness (QED) is 0.870. The van der Waals surface area contributed by atoms with Crippen LogP contribution in [0.3, 0.4) is 0 Å². The van der Waals surface area contributed by atoms with Gasteiger partial charge < -0.3 is 9.42 Å². The van der Waals surface area contributed by atoms with Crippen molar-refractivity contribution in [1.82, 2.24) is 10.1 Å². The topological polar surface area (TPSA) is 46.3 Å². The predicted molar refractivity (Wildman–Crippen MR) is 79.7 cm³/mol. The third-order valence-electron chi connectivity index (χ3n) is 4.14. The third-order valence-corrected chi connectivity index (χ3v) is 4.14. The van der Waals surface area contributed by atoms with Crippen LogP contribution in [0.15, 0.2) is 34.9 Å². The van der Waals surface area contributed by atoms with E-state index < -0.39 is 0 Å². The fourth-order valence-electron chi connectivity index (χ4n) is 2.92. The highest BCUT2D eigenvalue weighted by Crippen LogP contribution is 2.33. The summed E-state index contributed by atoms with van der Waals surface area (Å²) in [5, 5.41) is 4.00. The van der Waals surface area contributed by atoms with Gasteiger partial charge >= 0.3 is 0 Å². The highest BCUT2D eigenvalue weighted by atomic mass is 19.1. The maximum Gasteiger partial charge on any atom is 0.227 e. The molecule has 2 aromatic rings. The number of amides is 1. The van der Waals surface area contributed by atoms with Crippen molar-refractivity contribution in [3.8, 4) is 0 Å². The third kappa shape index (κ3) is 2.89. The van der Waals surface area contributed by atoms with Crippen molar-refractivity contribution in [3.63, 3.8) is 0 Å². The Morgan fingerprint density at radius 2 is 2.27 bits per heavy atom. The van der Waals surface area contributed by atoms with Gasteiger partial charge in [-0.15, -0.1) is 0 Å². The number of carbonyl (C=O) groups is 1. The molecule has 0 spiro atoms. The van der Waals surface area contributed by atoms with Crippen LogP contribution in [0, 0.1) is 5.82 Å². The van der Waals surface area contributed by atoms with Crippen molar-refractivity contribution in [3.05, 3.63) is 53.2 Å². The van der Waals surface area contributed by atoms with Crippen molar-refractivity contribution in [2.24, 2.45) is 0 Å². The van der Waals surface area contributed by atoms with Gasteiger partial charge in [0.15, 0.2) is 5.76 Å². The Labute approximate surface area is 128 Å². The summed E-state index contributed by atoms with van der Waals surface area (Å²) in [5.41, 5.74) is 1.33. The molecule has 5 heteroatoms. The molecule has 0 N–H and O–H groups in total. The molecule has 4 nitrogen and oxygen atoms in total. The Hall–Kier alpha value is -2.17. The molecule has 116 valence electrons. The molecule has 1 aromatic carbocycles. The first-order valence-electron chi connectivity index (χ1n) is 7.67. The van der Waals surface area contributed by atoms with Gasteiger partial charge in [-0.3, -0.25) is 4.79 Å². The fraction of sp³-hybridized carbons (Fsp3) is 0.412. The second-order valence-electron chi connectivity index (χ2n) is 5.59. The van der Waals surface area contributed by atoms with Crippen LogP contribution in [-0.2, 0) is 17.6 Å². The lowest BCUT2D eigenvalue weighted by atomic mass is 10.1. The van der Waals surface area contributed by atoms with Gasteiger partial charge in [-0.25, -0.2) is 4.39 Å². The number of benzene rings is 1. The van der Waals surface area contributed by atoms with E-state index in [9.17, 15) is 9.18 Å². The number of nitrogens with zero attached hydrogens (tertiary/aromatic N) is 2. The molecule has 22 heavy (non-hydrogen) atoms. The van der Waals surface area contributed by atoms with E-state index in [0.717, 1.165) is 30.7 Å². The average Bonchev–Trinajstić information content (AvgIpc) is 3.17. The molecule has 1 saturated heterocycles. The largest absolute Gasteiger partial charge is 0.359 e. The van der Waals surface area contributed by atoms with Crippen LogP contribution in [0.5, 0.6) is 0 Å². The molecule has 1 aliphatic rings. The van der Waals surface area contributed by atoms with Crippen molar-refractivity contribution in [2.45, 2.75) is 38.6 Å². The van der Waals surface area contributed by atoms with E-state index in [4.69, 9.17) is 4.52 Å². The Kier molecular flexibility index (Phi) is 4.22. The molecule has 1 atom stereocenters. The molecule has 1 aliphatic heterocycles. The van der Waals surface area contributed by atoms with Gasteiger partial charge in [-0.1, -0.05) is 30.3 Å². The second-order valence-corrected chi connectivity index (χ2v) is 5.59. The Morgan fingerprint density at radius 3 is 3.00 bits per heavy atom. The van der Waals surface area contributed by atoms with E-state index >= 15 is 0 Å². The molecule has 0 bridgehead atoms. The minimum absolute atomic E-state index is 0.0675. The maximum absolute atomic E-state index is 13.7. The average molecular weight is 302 g/mol. The van der Waals surface area contributed by atoms with Gasteiger partial charge in [-0.05, 0) is 30.9 Å². The smallest absolute Gasteiger partial charge is 0.227 e. The summed E-state index contributed by atoms with van der Waals surface area (Å²) in [6.45, 7) is 2.69. The highest BCUT2D eigenvalue weighted by Gasteiger charge is 2.32. The van der Waals surface area contributed by atoms with Gasteiger partial charge in [0.25, 0.3) is 0 Å². The molecule has 2 heterocycles. The number of likely N-dealkylation sites (tertiary alicyclic amines) is 1. The lowest BCUT2D eigenvalue weighted by Crippen LogP contribution is -2.31. The Balaban J connectivity index is 1.75. The van der Waals surface area contributed by atoms with Crippen LogP contribution in [-0.4, -0.2) is 22.5 Å². The number of aryl methyl sites for hydroxylation is 1. The molecule has 1 aromatic heterocycles. The summed E-state index contributed by atoms with van der Waals surface area (Å²) in [6.07, 6.45) is 2.68. The van der Waals surface area contributed by atoms with Gasteiger partial charge in [0.2, 0.25) is 5.91 Å². The van der Waals surface area contributed by atoms with Gasteiger partial charge in [-0.2, -0.15) is 0 Å². The van der Waals surface area contributed by atoms with Crippen molar-refractivity contribution in [2.75, 3.05) is 6.54 Å². The first kappa shape index (κ1) is 14.8. The van der Waals surface area contributed by atoms with Gasteiger partial charge in [0, 0.05) is 12.6 Å². The molecule has 0 saturated carbocycles. The van der Waals surface area contributed by atoms with E-state index in [1.807, 2.05) is 13.0 Å². The summed E-state index contributed by atoms with van der Waals surface area (Å²) in [5.74, 6) is 0.331. The fourth-order valence-corrected chi connectivity index (χ4v) is 2.92. The van der Waals surface area contributed by atoms with Gasteiger partial charge in [0.1, 0.15) is 5.82 Å². The summed E-state index contributed by atoms with van der Waals surface area (Å²) in [7, 11) is 0. The zero-order chi connectivity index (χ0) is 15.5. The van der Waals surface area contributed by atoms with E-state index in [1.165, 1.54) is 6.07 Å². The molecule has 1 amide bonds. The summed E-state index contributed by atoms with van der Waals surface area (Å²) in [6, 6.07) is 8.25. The van der Waals surface area contributed by atoms with Crippen LogP contribution < -0.4 is 0 Å². The van der Waals surface area contributed by atoms with Crippen LogP contribution >= 0.6 is 0 Å². The lowest BCUT2D eigenvalue weighted by Gasteiger charge is -2.22. The summed E-state index contributed by atoms with van der Waals surface area (Å²) >= 11 is 0. The monoisotopic (exact) mass is 302 g/mol. The van der Waals surface area contributed by atoms with E-state index in [2.05, 4.69) is 5.16 Å². The molecule has 0 aliphatic carbocycles. The Bertz CT molecular complexity index is 668. The first-order valence-corrected chi connectivity index (χ1v) is 7.67. The van der Waals surface area contributed by atoms with Crippen LogP contribution in [0.4, 0.5) is 4.39 Å². The molecular weight excluding hydrogens is 283 g/mol. The summed E-state index contributed by atoms with van der Waals surface area (Å²) < 4.78 is 19.1. The van der Waals surface area contributed by atoms with E-state index in [1.54, 1.807) is 23.1 Å². The van der Waals surface area contributed by atoms with Gasteiger partial charge in [0.05, 0.1) is 18.2 Å². The van der Waals surface area contributed by atoms with Crippen LogP contribution in [0.25, 0.3) is 0 Å². The molecule has 3 rings (SSSR count). The predicted octanol–water partition coefficient (Wildman–Crippen LogP) is 3.28. The second kappa shape index (κ2) is 6.30. The standard InChI is InChI=1S/C17H19FN2O2/c1-2-13-11-16(22-19-13)15-8-5-9-20(15)17(21)10-12-6-3-4-7-14(12)18/h3-4,6-7,11,15H,2,5,8-10H2,1H3. The molecule has 0 radical (unpaired) electrons. The molecule has 1 unspecified atom stereocenters. The zero-order valence-corrected chi connectivity index (χ0v) is 12.6. The van der Waals surface area contributed by atoms with Crippen molar-refractivity contribution < 1.29 is 13.7 Å². The zero-order valence-electron chi connectivity index (χ0n) is 12.6. The van der Waals surface area contributed by atoms with E-state index in [0.29, 0.717) is 12.1 Å². The van der Waals surface area contributed by atoms with Crippen molar-refractivity contribution in [1.29, 1.82) is 0 Å². The number of aromatic nitrogens is 1. The first-order chi connectivity index (χ1) is 10.7. The maximum atomic E-state index is 13.7. The highest BCUT2D eigenvalue weighted by molar-refractivity contribution is 5.79. The molecular formula is C17H19FN2O2. The SMILES string of the molecule is CCc1cc(C2CCCN2C(=O)Cc2ccccc2F)on1. The summed E-state index contributed by atoms with van der Waals surface area (Å²) in [4.78, 5) is 14.3. The normalized spacial score (nSPS) is 17.9. The number of rotatable bonds is 4. The Morgan fingerprint density at radius 1 is 1.45 bits per heavy atom. The lowest BCUT2D eigenvalue weighted by molar-refractivity contribution is -0.131. The molecule has 1 fully saturated rings. The van der Waals surface area contributed by atoms with Crippen molar-refractivity contribution >= 4 is 5.91 Å². The number of hydrogen-bond acceptors (Lipinski definition) is 3. The number of carbonyl (C=O) groups excluding carboxylic acids is 1. The van der Waals surface area contributed by atoms with Crippen LogP contribution in [0.1, 0.15) is 42.8 Å². The minimum Gasteiger partial charge on any atom is -0.359 e.